The van der Waals surface area contributed by atoms with E-state index in [-0.39, 0.29) is 0 Å². The summed E-state index contributed by atoms with van der Waals surface area (Å²) < 4.78 is 4.60. The number of rotatable bonds is 4. The molecule has 0 saturated carbocycles. The van der Waals surface area contributed by atoms with Gasteiger partial charge in [0.25, 0.3) is 0 Å². The molecule has 86 valence electrons. The number of nitrogens with one attached hydrogen (secondary N) is 1. The van der Waals surface area contributed by atoms with Crippen LogP contribution in [0.2, 0.25) is 5.02 Å². The van der Waals surface area contributed by atoms with Gasteiger partial charge in [-0.25, -0.2) is 4.79 Å². The summed E-state index contributed by atoms with van der Waals surface area (Å²) in [6.07, 6.45) is 3.91. The zero-order chi connectivity index (χ0) is 12.0. The first-order valence-corrected chi connectivity index (χ1v) is 5.26. The highest BCUT2D eigenvalue weighted by Crippen LogP contribution is 2.19. The smallest absolute Gasteiger partial charge is 0.339 e. The van der Waals surface area contributed by atoms with Crippen LogP contribution in [0.25, 0.3) is 6.08 Å². The highest BCUT2D eigenvalue weighted by atomic mass is 35.5. The first-order valence-electron chi connectivity index (χ1n) is 4.88. The molecule has 0 unspecified atom stereocenters. The molecule has 0 amide bonds. The third-order valence-electron chi connectivity index (χ3n) is 2.03. The van der Waals surface area contributed by atoms with Gasteiger partial charge < -0.3 is 10.1 Å². The van der Waals surface area contributed by atoms with E-state index in [1.54, 1.807) is 12.1 Å². The van der Waals surface area contributed by atoms with Crippen LogP contribution < -0.4 is 5.32 Å². The number of carbonyl (C=O) groups is 1. The second-order valence-corrected chi connectivity index (χ2v) is 3.60. The monoisotopic (exact) mass is 239 g/mol. The Morgan fingerprint density at radius 1 is 1.56 bits per heavy atom. The largest absolute Gasteiger partial charge is 0.465 e. The molecule has 0 radical (unpaired) electrons. The van der Waals surface area contributed by atoms with E-state index in [0.717, 1.165) is 12.1 Å². The van der Waals surface area contributed by atoms with Crippen LogP contribution in [-0.2, 0) is 4.74 Å². The average Bonchev–Trinajstić information content (AvgIpc) is 2.29. The Hall–Kier alpha value is -1.32. The van der Waals surface area contributed by atoms with Crippen LogP contribution in [0.15, 0.2) is 24.3 Å². The quantitative estimate of drug-likeness (QED) is 0.820. The SMILES string of the molecule is CNCC=Cc1ccc(C(=O)OC)c(Cl)c1. The first-order chi connectivity index (χ1) is 7.69. The fourth-order valence-corrected chi connectivity index (χ4v) is 1.49. The van der Waals surface area contributed by atoms with Gasteiger partial charge in [-0.05, 0) is 24.7 Å². The molecule has 1 aromatic rings. The van der Waals surface area contributed by atoms with Gasteiger partial charge in [0, 0.05) is 6.54 Å². The number of carbonyl (C=O) groups excluding carboxylic acids is 1. The topological polar surface area (TPSA) is 38.3 Å². The van der Waals surface area contributed by atoms with Crippen LogP contribution in [0.4, 0.5) is 0 Å². The summed E-state index contributed by atoms with van der Waals surface area (Å²) in [5.41, 5.74) is 1.34. The van der Waals surface area contributed by atoms with E-state index in [9.17, 15) is 4.79 Å². The third-order valence-corrected chi connectivity index (χ3v) is 2.34. The normalized spacial score (nSPS) is 10.7. The molecule has 0 atom stereocenters. The Morgan fingerprint density at radius 3 is 2.88 bits per heavy atom. The maximum Gasteiger partial charge on any atom is 0.339 e. The molecule has 0 fully saturated rings. The number of ether oxygens (including phenoxy) is 1. The van der Waals surface area contributed by atoms with Crippen molar-refractivity contribution in [1.29, 1.82) is 0 Å². The van der Waals surface area contributed by atoms with Crippen LogP contribution in [0.5, 0.6) is 0 Å². The summed E-state index contributed by atoms with van der Waals surface area (Å²) >= 11 is 5.97. The molecule has 0 aliphatic heterocycles. The van der Waals surface area contributed by atoms with E-state index in [0.29, 0.717) is 10.6 Å². The number of likely N-dealkylation sites (N-methyl/N-ethyl adjacent to an activating group) is 1. The van der Waals surface area contributed by atoms with Crippen molar-refractivity contribution in [1.82, 2.24) is 5.32 Å². The molecular weight excluding hydrogens is 226 g/mol. The van der Waals surface area contributed by atoms with Gasteiger partial charge in [-0.3, -0.25) is 0 Å². The van der Waals surface area contributed by atoms with E-state index < -0.39 is 5.97 Å². The van der Waals surface area contributed by atoms with E-state index in [1.165, 1.54) is 7.11 Å². The fraction of sp³-hybridized carbons (Fsp3) is 0.250. The Labute approximate surface area is 100 Å². The molecule has 0 aromatic heterocycles. The van der Waals surface area contributed by atoms with Gasteiger partial charge in [-0.2, -0.15) is 0 Å². The maximum absolute atomic E-state index is 11.3. The molecule has 0 spiro atoms. The van der Waals surface area contributed by atoms with Crippen molar-refractivity contribution in [3.63, 3.8) is 0 Å². The van der Waals surface area contributed by atoms with E-state index >= 15 is 0 Å². The lowest BCUT2D eigenvalue weighted by atomic mass is 10.1. The summed E-state index contributed by atoms with van der Waals surface area (Å²) in [6.45, 7) is 0.788. The number of esters is 1. The van der Waals surface area contributed by atoms with Gasteiger partial charge in [-0.15, -0.1) is 0 Å². The first kappa shape index (κ1) is 12.7. The maximum atomic E-state index is 11.3. The van der Waals surface area contributed by atoms with Crippen molar-refractivity contribution in [2.45, 2.75) is 0 Å². The van der Waals surface area contributed by atoms with E-state index in [1.807, 2.05) is 25.3 Å². The van der Waals surface area contributed by atoms with E-state index in [4.69, 9.17) is 11.6 Å². The zero-order valence-electron chi connectivity index (χ0n) is 9.29. The summed E-state index contributed by atoms with van der Waals surface area (Å²) in [7, 11) is 3.21. The van der Waals surface area contributed by atoms with Gasteiger partial charge >= 0.3 is 5.97 Å². The summed E-state index contributed by atoms with van der Waals surface area (Å²) in [6, 6.07) is 5.22. The molecule has 1 rings (SSSR count). The lowest BCUT2D eigenvalue weighted by Gasteiger charge is -2.02. The number of benzene rings is 1. The highest BCUT2D eigenvalue weighted by Gasteiger charge is 2.09. The molecule has 0 aliphatic carbocycles. The van der Waals surface area contributed by atoms with Crippen molar-refractivity contribution < 1.29 is 9.53 Å². The summed E-state index contributed by atoms with van der Waals surface area (Å²) in [5, 5.41) is 3.40. The number of halogens is 1. The molecular formula is C12H14ClNO2. The zero-order valence-corrected chi connectivity index (χ0v) is 10.0. The number of hydrogen-bond acceptors (Lipinski definition) is 3. The molecule has 16 heavy (non-hydrogen) atoms. The lowest BCUT2D eigenvalue weighted by Crippen LogP contribution is -2.04. The van der Waals surface area contributed by atoms with Crippen molar-refractivity contribution in [3.05, 3.63) is 40.4 Å². The van der Waals surface area contributed by atoms with E-state index in [2.05, 4.69) is 10.1 Å². The molecule has 0 saturated heterocycles. The van der Waals surface area contributed by atoms with Gasteiger partial charge in [0.1, 0.15) is 0 Å². The molecule has 1 N–H and O–H groups in total. The fourth-order valence-electron chi connectivity index (χ4n) is 1.22. The standard InChI is InChI=1S/C12H14ClNO2/c1-14-7-3-4-9-5-6-10(11(13)8-9)12(15)16-2/h3-6,8,14H,7H2,1-2H3. The van der Waals surface area contributed by atoms with Crippen molar-refractivity contribution in [2.75, 3.05) is 20.7 Å². The van der Waals surface area contributed by atoms with Gasteiger partial charge in [0.2, 0.25) is 0 Å². The van der Waals surface area contributed by atoms with Gasteiger partial charge in [-0.1, -0.05) is 29.8 Å². The van der Waals surface area contributed by atoms with Crippen molar-refractivity contribution >= 4 is 23.6 Å². The average molecular weight is 240 g/mol. The van der Waals surface area contributed by atoms with Crippen LogP contribution in [0.3, 0.4) is 0 Å². The molecule has 3 nitrogen and oxygen atoms in total. The number of hydrogen-bond donors (Lipinski definition) is 1. The molecule has 1 aromatic carbocycles. The molecule has 0 aliphatic rings. The van der Waals surface area contributed by atoms with Crippen LogP contribution in [0.1, 0.15) is 15.9 Å². The Morgan fingerprint density at radius 2 is 2.31 bits per heavy atom. The van der Waals surface area contributed by atoms with Gasteiger partial charge in [0.15, 0.2) is 0 Å². The highest BCUT2D eigenvalue weighted by molar-refractivity contribution is 6.33. The summed E-state index contributed by atoms with van der Waals surface area (Å²) in [5.74, 6) is -0.421. The predicted octanol–water partition coefficient (Wildman–Crippen LogP) is 2.36. The third kappa shape index (κ3) is 3.36. The Kier molecular flexibility index (Phi) is 5.02. The van der Waals surface area contributed by atoms with Crippen molar-refractivity contribution in [3.8, 4) is 0 Å². The van der Waals surface area contributed by atoms with Crippen LogP contribution in [-0.4, -0.2) is 26.7 Å². The van der Waals surface area contributed by atoms with Crippen LogP contribution in [0, 0.1) is 0 Å². The molecule has 0 bridgehead atoms. The lowest BCUT2D eigenvalue weighted by molar-refractivity contribution is 0.0601. The Balaban J connectivity index is 2.86. The summed E-state index contributed by atoms with van der Waals surface area (Å²) in [4.78, 5) is 11.3. The second kappa shape index (κ2) is 6.30. The minimum absolute atomic E-state index is 0.384. The minimum Gasteiger partial charge on any atom is -0.465 e. The Bertz CT molecular complexity index is 402. The van der Waals surface area contributed by atoms with Gasteiger partial charge in [0.05, 0.1) is 17.7 Å². The minimum atomic E-state index is -0.421. The second-order valence-electron chi connectivity index (χ2n) is 3.19. The van der Waals surface area contributed by atoms with Crippen LogP contribution >= 0.6 is 11.6 Å². The molecule has 4 heteroatoms. The predicted molar refractivity (Wildman–Crippen MR) is 65.8 cm³/mol. The van der Waals surface area contributed by atoms with Crippen molar-refractivity contribution in [2.24, 2.45) is 0 Å². The molecule has 0 heterocycles. The number of methoxy groups -OCH3 is 1.